The van der Waals surface area contributed by atoms with E-state index in [0.717, 1.165) is 15.9 Å². The third-order valence-electron chi connectivity index (χ3n) is 9.26. The number of aliphatic hydroxyl groups excluding tert-OH is 1. The lowest BCUT2D eigenvalue weighted by atomic mass is 9.93. The van der Waals surface area contributed by atoms with E-state index in [0.29, 0.717) is 34.5 Å². The van der Waals surface area contributed by atoms with Crippen LogP contribution in [-0.2, 0) is 4.79 Å². The van der Waals surface area contributed by atoms with E-state index in [1.54, 1.807) is 43.3 Å². The molecule has 2 aliphatic rings. The summed E-state index contributed by atoms with van der Waals surface area (Å²) in [5.41, 5.74) is 0.0622. The van der Waals surface area contributed by atoms with Gasteiger partial charge in [0.05, 0.1) is 27.1 Å². The van der Waals surface area contributed by atoms with Crippen molar-refractivity contribution in [3.05, 3.63) is 103 Å². The summed E-state index contributed by atoms with van der Waals surface area (Å²) in [6.45, 7) is 2.11. The normalized spacial score (nSPS) is 14.3. The minimum Gasteiger partial charge on any atom is -0.393 e. The van der Waals surface area contributed by atoms with Gasteiger partial charge in [0.2, 0.25) is 5.91 Å². The number of nitrogens with one attached hydrogen (secondary N) is 1. The molecule has 2 N–H and O–H groups in total. The van der Waals surface area contributed by atoms with Crippen molar-refractivity contribution < 1.29 is 38.9 Å². The maximum Gasteiger partial charge on any atom is 0.270 e. The molecule has 0 saturated heterocycles. The predicted octanol–water partition coefficient (Wildman–Crippen LogP) is 3.67. The van der Waals surface area contributed by atoms with Crippen molar-refractivity contribution in [2.75, 3.05) is 39.3 Å². The van der Waals surface area contributed by atoms with Crippen molar-refractivity contribution in [2.24, 2.45) is 0 Å². The highest BCUT2D eigenvalue weighted by Crippen LogP contribution is 2.35. The average Bonchev–Trinajstić information content (AvgIpc) is 3.12. The van der Waals surface area contributed by atoms with Crippen molar-refractivity contribution in [1.82, 2.24) is 20.0 Å². The zero-order valence-electron chi connectivity index (χ0n) is 28.1. The Hall–Kier alpha value is -6.13. The summed E-state index contributed by atoms with van der Waals surface area (Å²) < 4.78 is 0. The van der Waals surface area contributed by atoms with Crippen LogP contribution in [0.2, 0.25) is 0 Å². The number of carbonyl (C=O) groups excluding carboxylic acids is 5. The van der Waals surface area contributed by atoms with Gasteiger partial charge in [0.1, 0.15) is 0 Å². The number of hydrogen-bond acceptors (Lipinski definition) is 11. The zero-order valence-corrected chi connectivity index (χ0v) is 28.1. The molecule has 0 radical (unpaired) electrons. The number of benzene rings is 4. The van der Waals surface area contributed by atoms with Crippen LogP contribution < -0.4 is 5.32 Å². The second-order valence-corrected chi connectivity index (χ2v) is 12.7. The molecule has 0 saturated carbocycles. The molecule has 4 aromatic rings. The van der Waals surface area contributed by atoms with E-state index in [2.05, 4.69) is 5.32 Å². The zero-order chi connectivity index (χ0) is 37.3. The lowest BCUT2D eigenvalue weighted by molar-refractivity contribution is -0.384. The summed E-state index contributed by atoms with van der Waals surface area (Å²) in [6, 6.07) is 14.5. The summed E-state index contributed by atoms with van der Waals surface area (Å²) >= 11 is 0. The number of amides is 5. The van der Waals surface area contributed by atoms with Gasteiger partial charge >= 0.3 is 0 Å². The molecule has 0 bridgehead atoms. The third-order valence-corrected chi connectivity index (χ3v) is 9.26. The Balaban J connectivity index is 1.08. The lowest BCUT2D eigenvalue weighted by Crippen LogP contribution is -2.46. The van der Waals surface area contributed by atoms with Crippen molar-refractivity contribution in [3.8, 4) is 0 Å². The van der Waals surface area contributed by atoms with Crippen molar-refractivity contribution in [2.45, 2.75) is 32.3 Å². The van der Waals surface area contributed by atoms with Crippen LogP contribution in [0.5, 0.6) is 0 Å². The van der Waals surface area contributed by atoms with Gasteiger partial charge in [-0.15, -0.1) is 0 Å². The van der Waals surface area contributed by atoms with Gasteiger partial charge in [-0.05, 0) is 49.2 Å². The standard InChI is InChI=1S/C36H34N6O10/c1-21(43)9-10-30(44)38(15-16-40-34(46)27-8-3-6-23-18-25(42(51)52)20-29(32(23)27)36(40)48)13-4-11-37-12-14-39-33(45)26-7-2-5-22-17-24(41(49)50)19-28(31(22)26)35(39)47/h2-3,5-8,17-21,37,43H,4,9-16H2,1H3. The van der Waals surface area contributed by atoms with Crippen LogP contribution in [0.4, 0.5) is 11.4 Å². The second-order valence-electron chi connectivity index (χ2n) is 12.7. The first-order valence-corrected chi connectivity index (χ1v) is 16.7. The fourth-order valence-corrected chi connectivity index (χ4v) is 6.68. The third kappa shape index (κ3) is 6.80. The van der Waals surface area contributed by atoms with E-state index in [-0.39, 0.29) is 85.1 Å². The predicted molar refractivity (Wildman–Crippen MR) is 187 cm³/mol. The van der Waals surface area contributed by atoms with Crippen LogP contribution in [0, 0.1) is 20.2 Å². The molecule has 16 nitrogen and oxygen atoms in total. The topological polar surface area (TPSA) is 214 Å². The summed E-state index contributed by atoms with van der Waals surface area (Å²) in [4.78, 5) is 92.0. The van der Waals surface area contributed by atoms with Gasteiger partial charge in [-0.1, -0.05) is 24.3 Å². The first kappa shape index (κ1) is 35.7. The quantitative estimate of drug-likeness (QED) is 0.0786. The number of non-ortho nitro benzene ring substituents is 2. The summed E-state index contributed by atoms with van der Waals surface area (Å²) in [7, 11) is 0. The first-order chi connectivity index (χ1) is 24.9. The van der Waals surface area contributed by atoms with Crippen LogP contribution >= 0.6 is 0 Å². The summed E-state index contributed by atoms with van der Waals surface area (Å²) in [6.07, 6.45) is -0.0953. The Bertz CT molecular complexity index is 2180. The summed E-state index contributed by atoms with van der Waals surface area (Å²) in [5, 5.41) is 37.5. The number of nitro benzene ring substituents is 2. The smallest absolute Gasteiger partial charge is 0.270 e. The maximum atomic E-state index is 13.5. The van der Waals surface area contributed by atoms with Crippen molar-refractivity contribution in [3.63, 3.8) is 0 Å². The molecule has 16 heteroatoms. The molecule has 268 valence electrons. The van der Waals surface area contributed by atoms with Gasteiger partial charge < -0.3 is 15.3 Å². The van der Waals surface area contributed by atoms with Gasteiger partial charge in [-0.3, -0.25) is 54.0 Å². The molecule has 5 amide bonds. The van der Waals surface area contributed by atoms with Crippen molar-refractivity contribution in [1.29, 1.82) is 0 Å². The van der Waals surface area contributed by atoms with Gasteiger partial charge in [-0.25, -0.2) is 0 Å². The molecule has 0 aliphatic carbocycles. The first-order valence-electron chi connectivity index (χ1n) is 16.7. The Kier molecular flexibility index (Phi) is 10.0. The van der Waals surface area contributed by atoms with E-state index in [1.165, 1.54) is 23.1 Å². The highest BCUT2D eigenvalue weighted by Gasteiger charge is 2.36. The Morgan fingerprint density at radius 2 is 1.25 bits per heavy atom. The van der Waals surface area contributed by atoms with E-state index >= 15 is 0 Å². The SMILES string of the molecule is CC(O)CCC(=O)N(CCCNCCN1C(=O)c2cccc3cc([N+](=O)[O-])cc(c23)C1=O)CCN1C(=O)c2cccc3cc([N+](=O)[O-])cc(c23)C1=O. The molecule has 1 atom stereocenters. The number of aliphatic hydroxyl groups is 1. The van der Waals surface area contributed by atoms with Crippen LogP contribution in [-0.4, -0.2) is 105 Å². The second kappa shape index (κ2) is 14.6. The average molecular weight is 711 g/mol. The van der Waals surface area contributed by atoms with Crippen LogP contribution in [0.25, 0.3) is 21.5 Å². The molecule has 52 heavy (non-hydrogen) atoms. The van der Waals surface area contributed by atoms with Crippen LogP contribution in [0.1, 0.15) is 67.6 Å². The Morgan fingerprint density at radius 1 is 0.750 bits per heavy atom. The molecule has 1 unspecified atom stereocenters. The Labute approximate surface area is 295 Å². The number of nitrogens with zero attached hydrogens (tertiary/aromatic N) is 5. The van der Waals surface area contributed by atoms with Gasteiger partial charge in [0.25, 0.3) is 35.0 Å². The molecule has 0 spiro atoms. The van der Waals surface area contributed by atoms with Gasteiger partial charge in [0, 0.05) is 85.3 Å². The molecule has 2 heterocycles. The monoisotopic (exact) mass is 710 g/mol. The number of rotatable bonds is 15. The fourth-order valence-electron chi connectivity index (χ4n) is 6.68. The van der Waals surface area contributed by atoms with Crippen LogP contribution in [0.15, 0.2) is 60.7 Å². The molecule has 0 fully saturated rings. The summed E-state index contributed by atoms with van der Waals surface area (Å²) in [5.74, 6) is -2.73. The minimum atomic E-state index is -0.726. The fraction of sp³-hybridized carbons (Fsp3) is 0.306. The van der Waals surface area contributed by atoms with Crippen LogP contribution in [0.3, 0.4) is 0 Å². The molecular weight excluding hydrogens is 676 g/mol. The lowest BCUT2D eigenvalue weighted by Gasteiger charge is -2.30. The highest BCUT2D eigenvalue weighted by atomic mass is 16.6. The maximum absolute atomic E-state index is 13.5. The van der Waals surface area contributed by atoms with Gasteiger partial charge in [0.15, 0.2) is 0 Å². The Morgan fingerprint density at radius 3 is 1.75 bits per heavy atom. The number of nitro groups is 2. The largest absolute Gasteiger partial charge is 0.393 e. The molecule has 6 rings (SSSR count). The highest BCUT2D eigenvalue weighted by molar-refractivity contribution is 6.26. The van der Waals surface area contributed by atoms with E-state index in [9.17, 15) is 49.3 Å². The molecule has 2 aliphatic heterocycles. The number of hydrogen-bond donors (Lipinski definition) is 2. The molecule has 4 aromatic carbocycles. The number of carbonyl (C=O) groups is 5. The molecular formula is C36H34N6O10. The van der Waals surface area contributed by atoms with E-state index in [1.807, 2.05) is 0 Å². The van der Waals surface area contributed by atoms with Crippen molar-refractivity contribution >= 4 is 62.5 Å². The van der Waals surface area contributed by atoms with E-state index < -0.39 is 39.6 Å². The van der Waals surface area contributed by atoms with Gasteiger partial charge in [-0.2, -0.15) is 0 Å². The van der Waals surface area contributed by atoms with E-state index in [4.69, 9.17) is 0 Å². The molecule has 0 aromatic heterocycles. The minimum absolute atomic E-state index is 0.0151. The number of imide groups is 2.